The Balaban J connectivity index is 2.57. The number of nitrogens with one attached hydrogen (secondary N) is 1. The zero-order valence-corrected chi connectivity index (χ0v) is 7.37. The molecule has 0 saturated carbocycles. The number of amides is 1. The Labute approximate surface area is 70.2 Å². The van der Waals surface area contributed by atoms with Gasteiger partial charge >= 0.3 is 0 Å². The Morgan fingerprint density at radius 3 is 2.91 bits per heavy atom. The van der Waals surface area contributed by atoms with Crippen LogP contribution in [-0.4, -0.2) is 11.9 Å². The maximum absolute atomic E-state index is 11.2. The summed E-state index contributed by atoms with van der Waals surface area (Å²) >= 11 is 1.41. The molecule has 0 aliphatic rings. The van der Waals surface area contributed by atoms with Gasteiger partial charge in [0.25, 0.3) is 5.91 Å². The van der Waals surface area contributed by atoms with E-state index in [2.05, 4.69) is 10.7 Å². The van der Waals surface area contributed by atoms with Crippen LogP contribution in [0.3, 0.4) is 0 Å². The van der Waals surface area contributed by atoms with Gasteiger partial charge in [-0.3, -0.25) is 4.79 Å². The molecule has 1 rings (SSSR count). The molecular weight excluding hydrogens is 158 g/mol. The van der Waals surface area contributed by atoms with Crippen LogP contribution in [0.4, 0.5) is 0 Å². The van der Waals surface area contributed by atoms with Crippen LogP contribution in [0.25, 0.3) is 0 Å². The topological polar surface area (TPSA) is 29.1 Å². The summed E-state index contributed by atoms with van der Waals surface area (Å²) in [5.74, 6) is -0.0162. The van der Waals surface area contributed by atoms with Crippen molar-refractivity contribution < 1.29 is 4.79 Å². The molecule has 0 saturated heterocycles. The molecular formula is C8H10NOS. The molecule has 0 aromatic carbocycles. The van der Waals surface area contributed by atoms with Gasteiger partial charge in [-0.15, -0.1) is 11.3 Å². The molecule has 3 heteroatoms. The molecule has 0 atom stereocenters. The van der Waals surface area contributed by atoms with Crippen molar-refractivity contribution >= 4 is 17.2 Å². The molecule has 0 unspecified atom stereocenters. The van der Waals surface area contributed by atoms with Gasteiger partial charge in [0.2, 0.25) is 0 Å². The van der Waals surface area contributed by atoms with Crippen LogP contribution in [0.2, 0.25) is 0 Å². The van der Waals surface area contributed by atoms with Crippen molar-refractivity contribution in [2.45, 2.75) is 19.9 Å². The first kappa shape index (κ1) is 8.27. The maximum atomic E-state index is 11.2. The largest absolute Gasteiger partial charge is 0.350 e. The average Bonchev–Trinajstić information content (AvgIpc) is 2.35. The summed E-state index contributed by atoms with van der Waals surface area (Å²) < 4.78 is 0. The lowest BCUT2D eigenvalue weighted by atomic mass is 10.3. The average molecular weight is 168 g/mol. The fourth-order valence-electron chi connectivity index (χ4n) is 0.694. The van der Waals surface area contributed by atoms with E-state index in [4.69, 9.17) is 0 Å². The van der Waals surface area contributed by atoms with Gasteiger partial charge in [-0.05, 0) is 19.9 Å². The molecule has 0 aliphatic heterocycles. The first-order chi connectivity index (χ1) is 5.20. The number of carbonyl (C=O) groups is 1. The minimum absolute atomic E-state index is 0.0162. The van der Waals surface area contributed by atoms with Crippen LogP contribution in [-0.2, 0) is 0 Å². The predicted octanol–water partition coefficient (Wildman–Crippen LogP) is 1.69. The zero-order valence-electron chi connectivity index (χ0n) is 6.55. The maximum Gasteiger partial charge on any atom is 0.252 e. The van der Waals surface area contributed by atoms with Gasteiger partial charge in [0.05, 0.1) is 5.56 Å². The van der Waals surface area contributed by atoms with Crippen molar-refractivity contribution in [1.29, 1.82) is 0 Å². The molecule has 2 nitrogen and oxygen atoms in total. The van der Waals surface area contributed by atoms with E-state index in [1.54, 1.807) is 11.4 Å². The second-order valence-corrected chi connectivity index (χ2v) is 3.29. The standard InChI is InChI=1S/C8H10NOS/c1-6(2)9-8(10)7-3-4-11-5-7/h3,5-6H,1-2H3,(H,9,10). The summed E-state index contributed by atoms with van der Waals surface area (Å²) in [7, 11) is 0. The Bertz CT molecular complexity index is 228. The molecule has 59 valence electrons. The summed E-state index contributed by atoms with van der Waals surface area (Å²) in [5.41, 5.74) is 0.698. The quantitative estimate of drug-likeness (QED) is 0.715. The highest BCUT2D eigenvalue weighted by Crippen LogP contribution is 2.04. The third kappa shape index (κ3) is 2.35. The lowest BCUT2D eigenvalue weighted by Gasteiger charge is -2.05. The van der Waals surface area contributed by atoms with E-state index in [1.807, 2.05) is 13.8 Å². The highest BCUT2D eigenvalue weighted by Gasteiger charge is 2.05. The van der Waals surface area contributed by atoms with Gasteiger partial charge < -0.3 is 5.32 Å². The van der Waals surface area contributed by atoms with E-state index in [0.29, 0.717) is 5.56 Å². The Morgan fingerprint density at radius 1 is 1.73 bits per heavy atom. The summed E-state index contributed by atoms with van der Waals surface area (Å²) in [6, 6.07) is 1.89. The highest BCUT2D eigenvalue weighted by molar-refractivity contribution is 7.07. The first-order valence-electron chi connectivity index (χ1n) is 3.45. The van der Waals surface area contributed by atoms with Crippen LogP contribution in [0.5, 0.6) is 0 Å². The van der Waals surface area contributed by atoms with Gasteiger partial charge in [-0.2, -0.15) is 0 Å². The van der Waals surface area contributed by atoms with E-state index in [9.17, 15) is 4.79 Å². The minimum Gasteiger partial charge on any atom is -0.350 e. The van der Waals surface area contributed by atoms with Crippen molar-refractivity contribution in [3.8, 4) is 0 Å². The Morgan fingerprint density at radius 2 is 2.45 bits per heavy atom. The van der Waals surface area contributed by atoms with E-state index in [-0.39, 0.29) is 11.9 Å². The number of rotatable bonds is 2. The molecule has 1 radical (unpaired) electrons. The lowest BCUT2D eigenvalue weighted by Crippen LogP contribution is -2.29. The summed E-state index contributed by atoms with van der Waals surface area (Å²) in [5, 5.41) is 7.45. The van der Waals surface area contributed by atoms with Gasteiger partial charge in [-0.25, -0.2) is 0 Å². The molecule has 1 amide bonds. The zero-order chi connectivity index (χ0) is 8.27. The normalized spacial score (nSPS) is 10.1. The Hall–Kier alpha value is -0.830. The SMILES string of the molecule is CC(C)NC(=O)c1c[c]sc1. The van der Waals surface area contributed by atoms with Gasteiger partial charge in [0, 0.05) is 16.8 Å². The molecule has 1 N–H and O–H groups in total. The van der Waals surface area contributed by atoms with Gasteiger partial charge in [-0.1, -0.05) is 0 Å². The van der Waals surface area contributed by atoms with E-state index in [1.165, 1.54) is 11.3 Å². The second-order valence-electron chi connectivity index (χ2n) is 2.58. The molecule has 0 aliphatic carbocycles. The van der Waals surface area contributed by atoms with E-state index < -0.39 is 0 Å². The number of hydrogen-bond donors (Lipinski definition) is 1. The molecule has 1 aromatic rings. The van der Waals surface area contributed by atoms with Crippen LogP contribution in [0.1, 0.15) is 24.2 Å². The third-order valence-corrected chi connectivity index (χ3v) is 1.78. The summed E-state index contributed by atoms with van der Waals surface area (Å²) in [4.78, 5) is 11.2. The molecule has 11 heavy (non-hydrogen) atoms. The van der Waals surface area contributed by atoms with Crippen LogP contribution in [0, 0.1) is 5.38 Å². The monoisotopic (exact) mass is 168 g/mol. The fraction of sp³-hybridized carbons (Fsp3) is 0.375. The molecule has 1 aromatic heterocycles. The smallest absolute Gasteiger partial charge is 0.252 e. The predicted molar refractivity (Wildman–Crippen MR) is 45.8 cm³/mol. The molecule has 0 bridgehead atoms. The minimum atomic E-state index is -0.0162. The van der Waals surface area contributed by atoms with E-state index >= 15 is 0 Å². The number of hydrogen-bond acceptors (Lipinski definition) is 2. The fourth-order valence-corrected chi connectivity index (χ4v) is 1.26. The molecule has 0 fully saturated rings. The van der Waals surface area contributed by atoms with Crippen molar-refractivity contribution in [1.82, 2.24) is 5.32 Å². The van der Waals surface area contributed by atoms with Crippen LogP contribution < -0.4 is 5.32 Å². The second kappa shape index (κ2) is 3.53. The summed E-state index contributed by atoms with van der Waals surface area (Å²) in [6.07, 6.45) is 0. The van der Waals surface area contributed by atoms with Crippen molar-refractivity contribution in [3.63, 3.8) is 0 Å². The number of carbonyl (C=O) groups excluding carboxylic acids is 1. The number of thiophene rings is 1. The van der Waals surface area contributed by atoms with Gasteiger partial charge in [0.1, 0.15) is 0 Å². The summed E-state index contributed by atoms with van der Waals surface area (Å²) in [6.45, 7) is 3.88. The molecule has 1 heterocycles. The van der Waals surface area contributed by atoms with Gasteiger partial charge in [0.15, 0.2) is 0 Å². The lowest BCUT2D eigenvalue weighted by molar-refractivity contribution is 0.0943. The third-order valence-electron chi connectivity index (χ3n) is 1.15. The van der Waals surface area contributed by atoms with Crippen molar-refractivity contribution in [2.24, 2.45) is 0 Å². The van der Waals surface area contributed by atoms with Crippen LogP contribution in [0.15, 0.2) is 11.4 Å². The van der Waals surface area contributed by atoms with Crippen molar-refractivity contribution in [3.05, 3.63) is 22.4 Å². The highest BCUT2D eigenvalue weighted by atomic mass is 32.1. The first-order valence-corrected chi connectivity index (χ1v) is 4.33. The van der Waals surface area contributed by atoms with E-state index in [0.717, 1.165) is 0 Å². The Kier molecular flexibility index (Phi) is 2.65. The molecule has 0 spiro atoms. The van der Waals surface area contributed by atoms with Crippen molar-refractivity contribution in [2.75, 3.05) is 0 Å². The van der Waals surface area contributed by atoms with Crippen LogP contribution >= 0.6 is 11.3 Å².